The first-order chi connectivity index (χ1) is 7.75. The average Bonchev–Trinajstić information content (AvgIpc) is 2.80. The second-order valence-electron chi connectivity index (χ2n) is 4.52. The van der Waals surface area contributed by atoms with Gasteiger partial charge in [-0.05, 0) is 19.4 Å². The summed E-state index contributed by atoms with van der Waals surface area (Å²) in [5.74, 6) is 0. The Morgan fingerprint density at radius 1 is 1.44 bits per heavy atom. The fourth-order valence-electron chi connectivity index (χ4n) is 2.12. The van der Waals surface area contributed by atoms with Crippen LogP contribution in [0.2, 0.25) is 0 Å². The highest BCUT2D eigenvalue weighted by atomic mass is 15.1. The predicted molar refractivity (Wildman–Crippen MR) is 64.0 cm³/mol. The monoisotopic (exact) mass is 213 g/mol. The third-order valence-corrected chi connectivity index (χ3v) is 3.14. The summed E-state index contributed by atoms with van der Waals surface area (Å²) in [6.07, 6.45) is 4.87. The minimum Gasteiger partial charge on any atom is -0.326 e. The lowest BCUT2D eigenvalue weighted by atomic mass is 10.1. The first-order valence-electron chi connectivity index (χ1n) is 5.60. The molecule has 0 bridgehead atoms. The summed E-state index contributed by atoms with van der Waals surface area (Å²) in [4.78, 5) is 4.23. The Balaban J connectivity index is 2.03. The second-order valence-corrected chi connectivity index (χ2v) is 4.52. The lowest BCUT2D eigenvalue weighted by Gasteiger charge is -2.07. The standard InChI is InChI=1S/C13H15N3/c1-9-3-2-4-10(5-9)13-7-15-8-16(13)12-6-11(12)14/h2-5,7-8,11-12H,6,14H2,1H3. The number of benzene rings is 1. The largest absolute Gasteiger partial charge is 0.326 e. The Hall–Kier alpha value is -1.61. The lowest BCUT2D eigenvalue weighted by Crippen LogP contribution is -2.06. The fraction of sp³-hybridized carbons (Fsp3) is 0.308. The molecule has 0 radical (unpaired) electrons. The molecule has 0 spiro atoms. The number of imidazole rings is 1. The Bertz CT molecular complexity index is 515. The van der Waals surface area contributed by atoms with Gasteiger partial charge in [-0.2, -0.15) is 0 Å². The molecular weight excluding hydrogens is 198 g/mol. The van der Waals surface area contributed by atoms with Gasteiger partial charge >= 0.3 is 0 Å². The molecule has 1 fully saturated rings. The van der Waals surface area contributed by atoms with Crippen LogP contribution < -0.4 is 5.73 Å². The van der Waals surface area contributed by atoms with E-state index in [-0.39, 0.29) is 0 Å². The van der Waals surface area contributed by atoms with Crippen molar-refractivity contribution in [1.29, 1.82) is 0 Å². The summed E-state index contributed by atoms with van der Waals surface area (Å²) in [5, 5.41) is 0. The predicted octanol–water partition coefficient (Wildman–Crippen LogP) is 2.13. The number of aryl methyl sites for hydroxylation is 1. The van der Waals surface area contributed by atoms with E-state index >= 15 is 0 Å². The van der Waals surface area contributed by atoms with E-state index < -0.39 is 0 Å². The number of nitrogens with two attached hydrogens (primary N) is 1. The van der Waals surface area contributed by atoms with Gasteiger partial charge in [0.25, 0.3) is 0 Å². The minimum atomic E-state index is 0.303. The van der Waals surface area contributed by atoms with Gasteiger partial charge in [-0.25, -0.2) is 4.98 Å². The molecule has 2 atom stereocenters. The Labute approximate surface area is 94.9 Å². The molecule has 1 saturated carbocycles. The topological polar surface area (TPSA) is 43.8 Å². The zero-order chi connectivity index (χ0) is 11.1. The first kappa shape index (κ1) is 9.60. The highest BCUT2D eigenvalue weighted by Crippen LogP contribution is 2.37. The van der Waals surface area contributed by atoms with Gasteiger partial charge in [-0.15, -0.1) is 0 Å². The van der Waals surface area contributed by atoms with Crippen LogP contribution in [-0.2, 0) is 0 Å². The molecule has 1 aromatic carbocycles. The molecule has 3 nitrogen and oxygen atoms in total. The maximum absolute atomic E-state index is 5.89. The smallest absolute Gasteiger partial charge is 0.0954 e. The molecular formula is C13H15N3. The van der Waals surface area contributed by atoms with Crippen molar-refractivity contribution in [3.63, 3.8) is 0 Å². The van der Waals surface area contributed by atoms with Crippen LogP contribution in [0.5, 0.6) is 0 Å². The first-order valence-corrected chi connectivity index (χ1v) is 5.60. The summed E-state index contributed by atoms with van der Waals surface area (Å²) in [6, 6.07) is 9.23. The normalized spacial score (nSPS) is 23.4. The van der Waals surface area contributed by atoms with Gasteiger partial charge in [-0.3, -0.25) is 0 Å². The molecule has 1 aliphatic carbocycles. The molecule has 1 heterocycles. The Morgan fingerprint density at radius 2 is 2.25 bits per heavy atom. The van der Waals surface area contributed by atoms with Crippen molar-refractivity contribution < 1.29 is 0 Å². The van der Waals surface area contributed by atoms with E-state index in [0.717, 1.165) is 6.42 Å². The van der Waals surface area contributed by atoms with Crippen LogP contribution >= 0.6 is 0 Å². The van der Waals surface area contributed by atoms with Crippen molar-refractivity contribution >= 4 is 0 Å². The number of hydrogen-bond acceptors (Lipinski definition) is 2. The van der Waals surface area contributed by atoms with Crippen LogP contribution in [0.25, 0.3) is 11.3 Å². The molecule has 3 heteroatoms. The van der Waals surface area contributed by atoms with E-state index in [1.165, 1.54) is 16.8 Å². The zero-order valence-corrected chi connectivity index (χ0v) is 9.30. The summed E-state index contributed by atoms with van der Waals surface area (Å²) in [7, 11) is 0. The molecule has 16 heavy (non-hydrogen) atoms. The van der Waals surface area contributed by atoms with Crippen LogP contribution in [0.3, 0.4) is 0 Å². The van der Waals surface area contributed by atoms with Gasteiger partial charge < -0.3 is 10.3 Å². The molecule has 1 aromatic heterocycles. The minimum absolute atomic E-state index is 0.303. The summed E-state index contributed by atoms with van der Waals surface area (Å²) >= 11 is 0. The van der Waals surface area contributed by atoms with Gasteiger partial charge in [0, 0.05) is 11.6 Å². The van der Waals surface area contributed by atoms with Gasteiger partial charge in [0.1, 0.15) is 0 Å². The number of hydrogen-bond donors (Lipinski definition) is 1. The highest BCUT2D eigenvalue weighted by Gasteiger charge is 2.36. The zero-order valence-electron chi connectivity index (χ0n) is 9.30. The van der Waals surface area contributed by atoms with Gasteiger partial charge in [0.2, 0.25) is 0 Å². The van der Waals surface area contributed by atoms with Crippen molar-refractivity contribution in [3.8, 4) is 11.3 Å². The van der Waals surface area contributed by atoms with Crippen molar-refractivity contribution in [2.75, 3.05) is 0 Å². The van der Waals surface area contributed by atoms with Crippen molar-refractivity contribution in [2.45, 2.75) is 25.4 Å². The summed E-state index contributed by atoms with van der Waals surface area (Å²) in [6.45, 7) is 2.10. The van der Waals surface area contributed by atoms with Gasteiger partial charge in [0.15, 0.2) is 0 Å². The number of aromatic nitrogens is 2. The molecule has 0 saturated heterocycles. The quantitative estimate of drug-likeness (QED) is 0.830. The molecule has 2 N–H and O–H groups in total. The highest BCUT2D eigenvalue weighted by molar-refractivity contribution is 5.60. The van der Waals surface area contributed by atoms with Gasteiger partial charge in [-0.1, -0.05) is 23.8 Å². The Morgan fingerprint density at radius 3 is 2.94 bits per heavy atom. The summed E-state index contributed by atoms with van der Waals surface area (Å²) in [5.41, 5.74) is 9.54. The maximum Gasteiger partial charge on any atom is 0.0954 e. The van der Waals surface area contributed by atoms with Gasteiger partial charge in [0.05, 0.1) is 24.3 Å². The van der Waals surface area contributed by atoms with E-state index in [9.17, 15) is 0 Å². The lowest BCUT2D eigenvalue weighted by molar-refractivity contribution is 0.718. The summed E-state index contributed by atoms with van der Waals surface area (Å²) < 4.78 is 2.19. The van der Waals surface area contributed by atoms with E-state index in [1.54, 1.807) is 0 Å². The molecule has 82 valence electrons. The maximum atomic E-state index is 5.89. The van der Waals surface area contributed by atoms with Crippen LogP contribution in [0.1, 0.15) is 18.0 Å². The molecule has 3 rings (SSSR count). The molecule has 1 aliphatic rings. The number of nitrogens with zero attached hydrogens (tertiary/aromatic N) is 2. The number of rotatable bonds is 2. The van der Waals surface area contributed by atoms with Crippen LogP contribution in [0.4, 0.5) is 0 Å². The average molecular weight is 213 g/mol. The molecule has 0 amide bonds. The Kier molecular flexibility index (Phi) is 2.07. The third kappa shape index (κ3) is 1.53. The fourth-order valence-corrected chi connectivity index (χ4v) is 2.12. The van der Waals surface area contributed by atoms with E-state index in [4.69, 9.17) is 5.73 Å². The van der Waals surface area contributed by atoms with E-state index in [0.29, 0.717) is 12.1 Å². The van der Waals surface area contributed by atoms with Crippen LogP contribution in [-0.4, -0.2) is 15.6 Å². The molecule has 2 aromatic rings. The third-order valence-electron chi connectivity index (χ3n) is 3.14. The van der Waals surface area contributed by atoms with Crippen molar-refractivity contribution in [1.82, 2.24) is 9.55 Å². The molecule has 2 unspecified atom stereocenters. The second kappa shape index (κ2) is 3.46. The van der Waals surface area contributed by atoms with Crippen LogP contribution in [0.15, 0.2) is 36.8 Å². The molecule has 0 aliphatic heterocycles. The van der Waals surface area contributed by atoms with Crippen molar-refractivity contribution in [3.05, 3.63) is 42.4 Å². The van der Waals surface area contributed by atoms with Crippen LogP contribution in [0, 0.1) is 6.92 Å². The van der Waals surface area contributed by atoms with Crippen molar-refractivity contribution in [2.24, 2.45) is 5.73 Å². The van der Waals surface area contributed by atoms with E-state index in [2.05, 4.69) is 40.7 Å². The SMILES string of the molecule is Cc1cccc(-c2cncn2C2CC2N)c1. The van der Waals surface area contributed by atoms with E-state index in [1.807, 2.05) is 12.5 Å².